The molecule has 116 valence electrons. The number of phenols is 1. The number of ketones is 1. The summed E-state index contributed by atoms with van der Waals surface area (Å²) < 4.78 is 10.4. The van der Waals surface area contributed by atoms with Crippen LogP contribution in [0.1, 0.15) is 15.9 Å². The highest BCUT2D eigenvalue weighted by Crippen LogP contribution is 2.25. The van der Waals surface area contributed by atoms with Gasteiger partial charge in [-0.3, -0.25) is 4.79 Å². The molecule has 5 heteroatoms. The van der Waals surface area contributed by atoms with Crippen LogP contribution in [0.3, 0.4) is 0 Å². The van der Waals surface area contributed by atoms with E-state index < -0.39 is 0 Å². The zero-order chi connectivity index (χ0) is 15.9. The summed E-state index contributed by atoms with van der Waals surface area (Å²) in [6.07, 6.45) is 0.208. The summed E-state index contributed by atoms with van der Waals surface area (Å²) >= 11 is 5.53. The number of alkyl halides is 1. The number of halogens is 1. The molecular weight excluding hydrogens is 304 g/mol. The van der Waals surface area contributed by atoms with Gasteiger partial charge in [0.15, 0.2) is 5.78 Å². The molecular formula is C17H17ClO4. The summed E-state index contributed by atoms with van der Waals surface area (Å²) in [4.78, 5) is 12.3. The highest BCUT2D eigenvalue weighted by atomic mass is 35.5. The molecule has 0 saturated heterocycles. The van der Waals surface area contributed by atoms with Gasteiger partial charge in [0.2, 0.25) is 0 Å². The largest absolute Gasteiger partial charge is 0.507 e. The minimum atomic E-state index is -0.161. The van der Waals surface area contributed by atoms with Gasteiger partial charge in [-0.2, -0.15) is 0 Å². The van der Waals surface area contributed by atoms with Crippen molar-refractivity contribution in [1.82, 2.24) is 0 Å². The molecule has 0 bridgehead atoms. The van der Waals surface area contributed by atoms with Crippen molar-refractivity contribution >= 4 is 17.4 Å². The first-order valence-electron chi connectivity index (χ1n) is 6.82. The third-order valence-corrected chi connectivity index (χ3v) is 3.29. The van der Waals surface area contributed by atoms with Crippen molar-refractivity contribution in [3.63, 3.8) is 0 Å². The van der Waals surface area contributed by atoms with Gasteiger partial charge in [-0.05, 0) is 29.8 Å². The predicted octanol–water partition coefficient (Wildman–Crippen LogP) is 3.44. The third kappa shape index (κ3) is 4.15. The fourth-order valence-corrected chi connectivity index (χ4v) is 2.09. The van der Waals surface area contributed by atoms with E-state index in [4.69, 9.17) is 21.1 Å². The van der Waals surface area contributed by atoms with Crippen LogP contribution in [0.5, 0.6) is 17.2 Å². The molecule has 0 atom stereocenters. The van der Waals surface area contributed by atoms with Gasteiger partial charge >= 0.3 is 0 Å². The van der Waals surface area contributed by atoms with E-state index in [9.17, 15) is 9.90 Å². The summed E-state index contributed by atoms with van der Waals surface area (Å²) in [5.74, 6) is 1.33. The predicted molar refractivity (Wildman–Crippen MR) is 85.4 cm³/mol. The number of carbonyl (C=O) groups excluding carboxylic acids is 1. The standard InChI is InChI=1S/C17H17ClO4/c1-21-13-4-2-12(3-5-13)10-16(19)15-7-6-14(11-17(15)20)22-9-8-18/h2-7,11,20H,8-10H2,1H3. The highest BCUT2D eigenvalue weighted by molar-refractivity contribution is 6.18. The van der Waals surface area contributed by atoms with Crippen LogP contribution < -0.4 is 9.47 Å². The van der Waals surface area contributed by atoms with Crippen molar-refractivity contribution in [3.8, 4) is 17.2 Å². The van der Waals surface area contributed by atoms with Gasteiger partial charge in [-0.15, -0.1) is 11.6 Å². The molecule has 0 radical (unpaired) electrons. The zero-order valence-electron chi connectivity index (χ0n) is 12.2. The Morgan fingerprint density at radius 2 is 1.82 bits per heavy atom. The van der Waals surface area contributed by atoms with Crippen LogP contribution in [0, 0.1) is 0 Å². The number of carbonyl (C=O) groups is 1. The Labute approximate surface area is 134 Å². The van der Waals surface area contributed by atoms with Crippen molar-refractivity contribution < 1.29 is 19.4 Å². The Morgan fingerprint density at radius 3 is 2.41 bits per heavy atom. The minimum absolute atomic E-state index is 0.0921. The van der Waals surface area contributed by atoms with Crippen LogP contribution >= 0.6 is 11.6 Å². The van der Waals surface area contributed by atoms with Crippen LogP contribution in [0.4, 0.5) is 0 Å². The number of phenolic OH excluding ortho intramolecular Hbond substituents is 1. The lowest BCUT2D eigenvalue weighted by molar-refractivity contribution is 0.0990. The smallest absolute Gasteiger partial charge is 0.170 e. The summed E-state index contributed by atoms with van der Waals surface area (Å²) in [6, 6.07) is 11.9. The van der Waals surface area contributed by atoms with Crippen LogP contribution in [-0.4, -0.2) is 30.5 Å². The van der Waals surface area contributed by atoms with Crippen molar-refractivity contribution in [2.75, 3.05) is 19.6 Å². The SMILES string of the molecule is COc1ccc(CC(=O)c2ccc(OCCCl)cc2O)cc1. The highest BCUT2D eigenvalue weighted by Gasteiger charge is 2.13. The van der Waals surface area contributed by atoms with Crippen LogP contribution in [0.25, 0.3) is 0 Å². The quantitative estimate of drug-likeness (QED) is 0.627. The molecule has 0 saturated carbocycles. The number of Topliss-reactive ketones (excluding diaryl/α,β-unsaturated/α-hetero) is 1. The topological polar surface area (TPSA) is 55.8 Å². The van der Waals surface area contributed by atoms with Gasteiger partial charge in [0.1, 0.15) is 23.9 Å². The molecule has 0 aliphatic rings. The maximum atomic E-state index is 12.3. The molecule has 0 amide bonds. The number of methoxy groups -OCH3 is 1. The van der Waals surface area contributed by atoms with Crippen molar-refractivity contribution in [2.45, 2.75) is 6.42 Å². The van der Waals surface area contributed by atoms with E-state index in [0.717, 1.165) is 11.3 Å². The van der Waals surface area contributed by atoms with E-state index >= 15 is 0 Å². The summed E-state index contributed by atoms with van der Waals surface area (Å²) in [5.41, 5.74) is 1.13. The number of benzene rings is 2. The van der Waals surface area contributed by atoms with Crippen LogP contribution in [0.15, 0.2) is 42.5 Å². The number of aromatic hydroxyl groups is 1. The molecule has 2 rings (SSSR count). The van der Waals surface area contributed by atoms with E-state index in [1.54, 1.807) is 31.4 Å². The van der Waals surface area contributed by atoms with Gasteiger partial charge in [-0.25, -0.2) is 0 Å². The van der Waals surface area contributed by atoms with Crippen molar-refractivity contribution in [2.24, 2.45) is 0 Å². The summed E-state index contributed by atoms with van der Waals surface area (Å²) in [5, 5.41) is 9.97. The van der Waals surface area contributed by atoms with E-state index in [-0.39, 0.29) is 23.5 Å². The summed E-state index contributed by atoms with van der Waals surface area (Å²) in [6.45, 7) is 0.347. The average Bonchev–Trinajstić information content (AvgIpc) is 2.53. The fraction of sp³-hybridized carbons (Fsp3) is 0.235. The van der Waals surface area contributed by atoms with Gasteiger partial charge < -0.3 is 14.6 Å². The molecule has 4 nitrogen and oxygen atoms in total. The monoisotopic (exact) mass is 320 g/mol. The average molecular weight is 321 g/mol. The van der Waals surface area contributed by atoms with Gasteiger partial charge in [-0.1, -0.05) is 12.1 Å². The van der Waals surface area contributed by atoms with E-state index in [2.05, 4.69) is 0 Å². The molecule has 0 aromatic heterocycles. The van der Waals surface area contributed by atoms with Crippen LogP contribution in [0.2, 0.25) is 0 Å². The third-order valence-electron chi connectivity index (χ3n) is 3.14. The molecule has 2 aromatic rings. The second-order valence-corrected chi connectivity index (χ2v) is 5.04. The number of rotatable bonds is 7. The lowest BCUT2D eigenvalue weighted by Crippen LogP contribution is -2.05. The second-order valence-electron chi connectivity index (χ2n) is 4.66. The Hall–Kier alpha value is -2.20. The first kappa shape index (κ1) is 16.2. The molecule has 0 spiro atoms. The van der Waals surface area contributed by atoms with Crippen molar-refractivity contribution in [3.05, 3.63) is 53.6 Å². The van der Waals surface area contributed by atoms with Gasteiger partial charge in [0.25, 0.3) is 0 Å². The Balaban J connectivity index is 2.08. The van der Waals surface area contributed by atoms with E-state index in [1.807, 2.05) is 12.1 Å². The van der Waals surface area contributed by atoms with E-state index in [0.29, 0.717) is 18.2 Å². The minimum Gasteiger partial charge on any atom is -0.507 e. The van der Waals surface area contributed by atoms with E-state index in [1.165, 1.54) is 6.07 Å². The van der Waals surface area contributed by atoms with Crippen molar-refractivity contribution in [1.29, 1.82) is 0 Å². The molecule has 0 fully saturated rings. The molecule has 0 aliphatic carbocycles. The Morgan fingerprint density at radius 1 is 1.14 bits per heavy atom. The van der Waals surface area contributed by atoms with Gasteiger partial charge in [0, 0.05) is 12.5 Å². The lowest BCUT2D eigenvalue weighted by Gasteiger charge is -2.08. The number of hydrogen-bond donors (Lipinski definition) is 1. The molecule has 2 aromatic carbocycles. The second kappa shape index (κ2) is 7.71. The van der Waals surface area contributed by atoms with Crippen LogP contribution in [-0.2, 0) is 6.42 Å². The fourth-order valence-electron chi connectivity index (χ4n) is 2.02. The Kier molecular flexibility index (Phi) is 5.67. The maximum Gasteiger partial charge on any atom is 0.170 e. The first-order valence-corrected chi connectivity index (χ1v) is 7.35. The lowest BCUT2D eigenvalue weighted by atomic mass is 10.0. The molecule has 1 N–H and O–H groups in total. The molecule has 0 heterocycles. The molecule has 0 aliphatic heterocycles. The number of hydrogen-bond acceptors (Lipinski definition) is 4. The maximum absolute atomic E-state index is 12.3. The molecule has 22 heavy (non-hydrogen) atoms. The summed E-state index contributed by atoms with van der Waals surface area (Å²) in [7, 11) is 1.59. The Bertz CT molecular complexity index is 638. The number of ether oxygens (including phenoxy) is 2. The normalized spacial score (nSPS) is 10.3. The first-order chi connectivity index (χ1) is 10.6. The van der Waals surface area contributed by atoms with Gasteiger partial charge in [0.05, 0.1) is 18.6 Å². The molecule has 0 unspecified atom stereocenters. The zero-order valence-corrected chi connectivity index (χ0v) is 13.0.